The van der Waals surface area contributed by atoms with Gasteiger partial charge in [0.2, 0.25) is 0 Å². The van der Waals surface area contributed by atoms with E-state index in [1.54, 1.807) is 11.3 Å². The lowest BCUT2D eigenvalue weighted by Crippen LogP contribution is -2.26. The van der Waals surface area contributed by atoms with Crippen molar-refractivity contribution in [3.63, 3.8) is 0 Å². The molecule has 1 saturated carbocycles. The van der Waals surface area contributed by atoms with E-state index < -0.39 is 0 Å². The van der Waals surface area contributed by atoms with Gasteiger partial charge in [0.15, 0.2) is 0 Å². The average Bonchev–Trinajstić information content (AvgIpc) is 2.90. The van der Waals surface area contributed by atoms with E-state index in [2.05, 4.69) is 10.3 Å². The first kappa shape index (κ1) is 10.1. The van der Waals surface area contributed by atoms with Crippen LogP contribution in [0.4, 0.5) is 0 Å². The highest BCUT2D eigenvalue weighted by Gasteiger charge is 2.23. The van der Waals surface area contributed by atoms with E-state index in [0.29, 0.717) is 0 Å². The van der Waals surface area contributed by atoms with E-state index in [0.717, 1.165) is 23.2 Å². The SMILES string of the molecule is Cc1csc(C(CO)NCC2CC2)n1. The normalized spacial score (nSPS) is 18.4. The largest absolute Gasteiger partial charge is 0.394 e. The van der Waals surface area contributed by atoms with E-state index >= 15 is 0 Å². The fourth-order valence-electron chi connectivity index (χ4n) is 1.39. The minimum absolute atomic E-state index is 0.0364. The summed E-state index contributed by atoms with van der Waals surface area (Å²) in [5.41, 5.74) is 1.04. The number of aryl methyl sites for hydroxylation is 1. The Morgan fingerprint density at radius 3 is 3.00 bits per heavy atom. The molecule has 3 nitrogen and oxygen atoms in total. The van der Waals surface area contributed by atoms with E-state index in [1.807, 2.05) is 12.3 Å². The number of aromatic nitrogens is 1. The lowest BCUT2D eigenvalue weighted by atomic mass is 10.3. The van der Waals surface area contributed by atoms with Crippen molar-refractivity contribution >= 4 is 11.3 Å². The molecule has 2 rings (SSSR count). The smallest absolute Gasteiger partial charge is 0.112 e. The third-order valence-electron chi connectivity index (χ3n) is 2.47. The maximum atomic E-state index is 9.23. The van der Waals surface area contributed by atoms with Gasteiger partial charge in [-0.25, -0.2) is 4.98 Å². The first-order valence-electron chi connectivity index (χ1n) is 5.06. The van der Waals surface area contributed by atoms with Gasteiger partial charge in [-0.05, 0) is 32.2 Å². The maximum absolute atomic E-state index is 9.23. The Balaban J connectivity index is 1.90. The molecule has 0 bridgehead atoms. The third-order valence-corrected chi connectivity index (χ3v) is 3.54. The molecule has 1 aromatic rings. The van der Waals surface area contributed by atoms with Crippen molar-refractivity contribution in [2.75, 3.05) is 13.2 Å². The van der Waals surface area contributed by atoms with E-state index in [9.17, 15) is 5.11 Å². The van der Waals surface area contributed by atoms with Gasteiger partial charge in [0, 0.05) is 11.1 Å². The highest BCUT2D eigenvalue weighted by molar-refractivity contribution is 7.09. The summed E-state index contributed by atoms with van der Waals surface area (Å²) in [6.45, 7) is 3.14. The summed E-state index contributed by atoms with van der Waals surface area (Å²) in [5.74, 6) is 0.838. The molecule has 0 aromatic carbocycles. The summed E-state index contributed by atoms with van der Waals surface area (Å²) in [4.78, 5) is 4.38. The summed E-state index contributed by atoms with van der Waals surface area (Å²) in [7, 11) is 0. The Kier molecular flexibility index (Phi) is 3.15. The van der Waals surface area contributed by atoms with Gasteiger partial charge in [-0.3, -0.25) is 0 Å². The van der Waals surface area contributed by atoms with Crippen LogP contribution in [0.2, 0.25) is 0 Å². The maximum Gasteiger partial charge on any atom is 0.112 e. The summed E-state index contributed by atoms with van der Waals surface area (Å²) in [6.07, 6.45) is 2.67. The lowest BCUT2D eigenvalue weighted by Gasteiger charge is -2.12. The van der Waals surface area contributed by atoms with Crippen molar-refractivity contribution in [1.29, 1.82) is 0 Å². The van der Waals surface area contributed by atoms with Crippen molar-refractivity contribution in [3.05, 3.63) is 16.1 Å². The van der Waals surface area contributed by atoms with E-state index in [4.69, 9.17) is 0 Å². The Labute approximate surface area is 88.2 Å². The molecule has 4 heteroatoms. The van der Waals surface area contributed by atoms with Gasteiger partial charge in [-0.1, -0.05) is 0 Å². The van der Waals surface area contributed by atoms with Crippen LogP contribution in [0.25, 0.3) is 0 Å². The summed E-state index contributed by atoms with van der Waals surface area (Å²) in [6, 6.07) is 0.0364. The molecule has 1 fully saturated rings. The number of nitrogens with one attached hydrogen (secondary N) is 1. The first-order chi connectivity index (χ1) is 6.79. The molecule has 1 aromatic heterocycles. The van der Waals surface area contributed by atoms with Crippen LogP contribution in [0.3, 0.4) is 0 Å². The molecule has 0 spiro atoms. The van der Waals surface area contributed by atoms with Gasteiger partial charge in [0.05, 0.1) is 12.6 Å². The van der Waals surface area contributed by atoms with E-state index in [1.165, 1.54) is 12.8 Å². The predicted octanol–water partition coefficient (Wildman–Crippen LogP) is 1.48. The fraction of sp³-hybridized carbons (Fsp3) is 0.700. The molecule has 1 aliphatic carbocycles. The molecule has 2 N–H and O–H groups in total. The third kappa shape index (κ3) is 2.53. The van der Waals surface area contributed by atoms with Crippen LogP contribution in [0.15, 0.2) is 5.38 Å². The second-order valence-corrected chi connectivity index (χ2v) is 4.80. The molecule has 0 saturated heterocycles. The van der Waals surface area contributed by atoms with Gasteiger partial charge in [-0.2, -0.15) is 0 Å². The molecule has 1 aliphatic rings. The van der Waals surface area contributed by atoms with Crippen LogP contribution in [0, 0.1) is 12.8 Å². The number of aliphatic hydroxyl groups excluding tert-OH is 1. The highest BCUT2D eigenvalue weighted by atomic mass is 32.1. The average molecular weight is 212 g/mol. The Morgan fingerprint density at radius 2 is 2.50 bits per heavy atom. The van der Waals surface area contributed by atoms with Crippen LogP contribution in [-0.2, 0) is 0 Å². The quantitative estimate of drug-likeness (QED) is 0.777. The standard InChI is InChI=1S/C10H16N2OS/c1-7-6-14-10(12-7)9(5-13)11-4-8-2-3-8/h6,8-9,11,13H,2-5H2,1H3. The molecular formula is C10H16N2OS. The number of hydrogen-bond donors (Lipinski definition) is 2. The van der Waals surface area contributed by atoms with Crippen molar-refractivity contribution in [2.45, 2.75) is 25.8 Å². The number of hydrogen-bond acceptors (Lipinski definition) is 4. The van der Waals surface area contributed by atoms with Crippen LogP contribution >= 0.6 is 11.3 Å². The van der Waals surface area contributed by atoms with Gasteiger partial charge < -0.3 is 10.4 Å². The highest BCUT2D eigenvalue weighted by Crippen LogP contribution is 2.28. The summed E-state index contributed by atoms with van der Waals surface area (Å²) in [5, 5.41) is 15.6. The zero-order valence-electron chi connectivity index (χ0n) is 8.36. The van der Waals surface area contributed by atoms with Crippen LogP contribution < -0.4 is 5.32 Å². The van der Waals surface area contributed by atoms with Crippen LogP contribution in [-0.4, -0.2) is 23.2 Å². The topological polar surface area (TPSA) is 45.1 Å². The molecule has 0 aliphatic heterocycles. The van der Waals surface area contributed by atoms with Crippen molar-refractivity contribution < 1.29 is 5.11 Å². The monoisotopic (exact) mass is 212 g/mol. The van der Waals surface area contributed by atoms with Gasteiger partial charge in [0.1, 0.15) is 5.01 Å². The summed E-state index contributed by atoms with van der Waals surface area (Å²) >= 11 is 1.62. The van der Waals surface area contributed by atoms with Gasteiger partial charge in [-0.15, -0.1) is 11.3 Å². The molecule has 1 atom stereocenters. The molecular weight excluding hydrogens is 196 g/mol. The number of rotatable bonds is 5. The second-order valence-electron chi connectivity index (χ2n) is 3.91. The second kappa shape index (κ2) is 4.38. The number of thiazole rings is 1. The Hall–Kier alpha value is -0.450. The minimum atomic E-state index is 0.0364. The zero-order chi connectivity index (χ0) is 9.97. The molecule has 1 unspecified atom stereocenters. The Morgan fingerprint density at radius 1 is 1.71 bits per heavy atom. The number of nitrogens with zero attached hydrogens (tertiary/aromatic N) is 1. The molecule has 0 radical (unpaired) electrons. The minimum Gasteiger partial charge on any atom is -0.394 e. The predicted molar refractivity (Wildman–Crippen MR) is 57.4 cm³/mol. The molecule has 14 heavy (non-hydrogen) atoms. The summed E-state index contributed by atoms with van der Waals surface area (Å²) < 4.78 is 0. The Bertz CT molecular complexity index is 296. The van der Waals surface area contributed by atoms with Crippen molar-refractivity contribution in [2.24, 2.45) is 5.92 Å². The lowest BCUT2D eigenvalue weighted by molar-refractivity contribution is 0.243. The van der Waals surface area contributed by atoms with Crippen molar-refractivity contribution in [3.8, 4) is 0 Å². The van der Waals surface area contributed by atoms with Crippen LogP contribution in [0.5, 0.6) is 0 Å². The number of aliphatic hydroxyl groups is 1. The zero-order valence-corrected chi connectivity index (χ0v) is 9.18. The van der Waals surface area contributed by atoms with Gasteiger partial charge in [0.25, 0.3) is 0 Å². The van der Waals surface area contributed by atoms with E-state index in [-0.39, 0.29) is 12.6 Å². The first-order valence-corrected chi connectivity index (χ1v) is 5.94. The van der Waals surface area contributed by atoms with Crippen molar-refractivity contribution in [1.82, 2.24) is 10.3 Å². The molecule has 0 amide bonds. The fourth-order valence-corrected chi connectivity index (χ4v) is 2.26. The molecule has 78 valence electrons. The van der Waals surface area contributed by atoms with Gasteiger partial charge >= 0.3 is 0 Å². The molecule has 1 heterocycles. The van der Waals surface area contributed by atoms with Crippen LogP contribution in [0.1, 0.15) is 29.6 Å².